The van der Waals surface area contributed by atoms with Crippen LogP contribution in [0, 0.1) is 0 Å². The van der Waals surface area contributed by atoms with Crippen LogP contribution in [-0.4, -0.2) is 33.5 Å². The van der Waals surface area contributed by atoms with Crippen LogP contribution in [0.15, 0.2) is 30.6 Å². The lowest BCUT2D eigenvalue weighted by Gasteiger charge is -1.99. The average molecular weight is 218 g/mol. The molecule has 0 aliphatic carbocycles. The lowest BCUT2D eigenvalue weighted by Crippen LogP contribution is -2.11. The smallest absolute Gasteiger partial charge is 0.152 e. The molecule has 0 spiro atoms. The molecule has 2 N–H and O–H groups in total. The number of rotatable bonds is 4. The molecule has 5 nitrogen and oxygen atoms in total. The fourth-order valence-corrected chi connectivity index (χ4v) is 1.38. The van der Waals surface area contributed by atoms with Crippen molar-refractivity contribution in [1.82, 2.24) is 20.1 Å². The van der Waals surface area contributed by atoms with Crippen LogP contribution in [0.2, 0.25) is 0 Å². The Balaban J connectivity index is 2.15. The van der Waals surface area contributed by atoms with Gasteiger partial charge in [-0.05, 0) is 31.3 Å². The minimum atomic E-state index is 0.249. The van der Waals surface area contributed by atoms with E-state index < -0.39 is 0 Å². The molecule has 0 aliphatic rings. The van der Waals surface area contributed by atoms with Crippen LogP contribution in [0.1, 0.15) is 5.82 Å². The summed E-state index contributed by atoms with van der Waals surface area (Å²) in [6, 6.07) is 6.85. The van der Waals surface area contributed by atoms with E-state index in [-0.39, 0.29) is 5.75 Å². The number of hydrogen-bond donors (Lipinski definition) is 2. The second kappa shape index (κ2) is 4.76. The number of phenolic OH excluding ortho intramolecular Hbond substituents is 1. The topological polar surface area (TPSA) is 63.0 Å². The van der Waals surface area contributed by atoms with Gasteiger partial charge in [0.15, 0.2) is 5.82 Å². The molecule has 16 heavy (non-hydrogen) atoms. The van der Waals surface area contributed by atoms with Gasteiger partial charge in [-0.25, -0.2) is 9.67 Å². The molecule has 0 saturated heterocycles. The third-order valence-electron chi connectivity index (χ3n) is 2.25. The number of nitrogens with zero attached hydrogens (tertiary/aromatic N) is 3. The molecule has 84 valence electrons. The number of hydrogen-bond acceptors (Lipinski definition) is 4. The Morgan fingerprint density at radius 1 is 1.31 bits per heavy atom. The Morgan fingerprint density at radius 3 is 2.75 bits per heavy atom. The maximum absolute atomic E-state index is 9.17. The van der Waals surface area contributed by atoms with Crippen molar-refractivity contribution < 1.29 is 5.11 Å². The average Bonchev–Trinajstić information content (AvgIpc) is 2.76. The molecular weight excluding hydrogens is 204 g/mol. The predicted octanol–water partition coefficient (Wildman–Crippen LogP) is 0.735. The quantitative estimate of drug-likeness (QED) is 0.794. The first-order valence-corrected chi connectivity index (χ1v) is 5.14. The monoisotopic (exact) mass is 218 g/mol. The van der Waals surface area contributed by atoms with Gasteiger partial charge in [0.2, 0.25) is 0 Å². The zero-order valence-corrected chi connectivity index (χ0v) is 9.09. The van der Waals surface area contributed by atoms with Gasteiger partial charge in [-0.3, -0.25) is 0 Å². The Bertz CT molecular complexity index is 449. The molecular formula is C11H14N4O. The lowest BCUT2D eigenvalue weighted by atomic mass is 10.3. The highest BCUT2D eigenvalue weighted by Gasteiger charge is 2.02. The minimum absolute atomic E-state index is 0.249. The Morgan fingerprint density at radius 2 is 2.06 bits per heavy atom. The zero-order valence-electron chi connectivity index (χ0n) is 9.09. The van der Waals surface area contributed by atoms with E-state index in [0.29, 0.717) is 0 Å². The van der Waals surface area contributed by atoms with E-state index in [9.17, 15) is 5.11 Å². The van der Waals surface area contributed by atoms with E-state index >= 15 is 0 Å². The minimum Gasteiger partial charge on any atom is -0.508 e. The summed E-state index contributed by atoms with van der Waals surface area (Å²) < 4.78 is 1.70. The third-order valence-corrected chi connectivity index (χ3v) is 2.25. The summed E-state index contributed by atoms with van der Waals surface area (Å²) in [5, 5.41) is 16.6. The molecule has 1 heterocycles. The first kappa shape index (κ1) is 10.6. The van der Waals surface area contributed by atoms with Crippen LogP contribution >= 0.6 is 0 Å². The highest BCUT2D eigenvalue weighted by atomic mass is 16.3. The summed E-state index contributed by atoms with van der Waals surface area (Å²) in [6.07, 6.45) is 2.49. The van der Waals surface area contributed by atoms with E-state index in [4.69, 9.17) is 0 Å². The van der Waals surface area contributed by atoms with Gasteiger partial charge in [-0.2, -0.15) is 5.10 Å². The van der Waals surface area contributed by atoms with E-state index in [1.54, 1.807) is 35.3 Å². The van der Waals surface area contributed by atoms with E-state index in [0.717, 1.165) is 24.5 Å². The van der Waals surface area contributed by atoms with E-state index in [1.165, 1.54) is 0 Å². The van der Waals surface area contributed by atoms with Gasteiger partial charge < -0.3 is 10.4 Å². The highest BCUT2D eigenvalue weighted by molar-refractivity contribution is 5.35. The first-order chi connectivity index (χ1) is 7.79. The van der Waals surface area contributed by atoms with E-state index in [2.05, 4.69) is 15.4 Å². The molecule has 1 aromatic heterocycles. The van der Waals surface area contributed by atoms with Crippen molar-refractivity contribution in [2.75, 3.05) is 13.6 Å². The molecule has 2 aromatic rings. The van der Waals surface area contributed by atoms with Gasteiger partial charge >= 0.3 is 0 Å². The van der Waals surface area contributed by atoms with Crippen LogP contribution in [0.3, 0.4) is 0 Å². The number of nitrogens with one attached hydrogen (secondary N) is 1. The van der Waals surface area contributed by atoms with Crippen molar-refractivity contribution >= 4 is 0 Å². The number of benzene rings is 1. The van der Waals surface area contributed by atoms with Crippen molar-refractivity contribution in [3.8, 4) is 11.4 Å². The second-order valence-corrected chi connectivity index (χ2v) is 3.48. The van der Waals surface area contributed by atoms with Crippen LogP contribution < -0.4 is 5.32 Å². The molecule has 0 unspecified atom stereocenters. The summed E-state index contributed by atoms with van der Waals surface area (Å²) in [7, 11) is 1.90. The highest BCUT2D eigenvalue weighted by Crippen LogP contribution is 2.12. The fourth-order valence-electron chi connectivity index (χ4n) is 1.38. The summed E-state index contributed by atoms with van der Waals surface area (Å²) in [4.78, 5) is 4.20. The molecule has 5 heteroatoms. The maximum atomic E-state index is 9.17. The van der Waals surface area contributed by atoms with Crippen LogP contribution in [0.25, 0.3) is 5.69 Å². The number of phenols is 1. The number of aromatic hydroxyl groups is 1. The molecule has 0 saturated carbocycles. The van der Waals surface area contributed by atoms with Crippen molar-refractivity contribution in [1.29, 1.82) is 0 Å². The molecule has 0 amide bonds. The molecule has 0 fully saturated rings. The van der Waals surface area contributed by atoms with Crippen molar-refractivity contribution in [3.63, 3.8) is 0 Å². The summed E-state index contributed by atoms with van der Waals surface area (Å²) in [6.45, 7) is 0.861. The second-order valence-electron chi connectivity index (χ2n) is 3.48. The molecule has 2 rings (SSSR count). The standard InChI is InChI=1S/C11H14N4O/c1-12-7-6-11-13-8-15(14-11)9-2-4-10(16)5-3-9/h2-5,8,12,16H,6-7H2,1H3. The summed E-state index contributed by atoms with van der Waals surface area (Å²) in [5.41, 5.74) is 0.890. The van der Waals surface area contributed by atoms with Gasteiger partial charge in [0.1, 0.15) is 12.1 Å². The summed E-state index contributed by atoms with van der Waals surface area (Å²) in [5.74, 6) is 1.06. The zero-order chi connectivity index (χ0) is 11.4. The van der Waals surface area contributed by atoms with Gasteiger partial charge in [0.25, 0.3) is 0 Å². The predicted molar refractivity (Wildman–Crippen MR) is 60.7 cm³/mol. The van der Waals surface area contributed by atoms with Crippen LogP contribution in [0.5, 0.6) is 5.75 Å². The third kappa shape index (κ3) is 2.38. The van der Waals surface area contributed by atoms with Crippen LogP contribution in [0.4, 0.5) is 0 Å². The SMILES string of the molecule is CNCCc1ncn(-c2ccc(O)cc2)n1. The molecule has 0 radical (unpaired) electrons. The molecule has 0 atom stereocenters. The number of likely N-dealkylation sites (N-methyl/N-ethyl adjacent to an activating group) is 1. The normalized spacial score (nSPS) is 10.6. The molecule has 0 bridgehead atoms. The van der Waals surface area contributed by atoms with Gasteiger partial charge in [-0.1, -0.05) is 0 Å². The van der Waals surface area contributed by atoms with Gasteiger partial charge in [0.05, 0.1) is 5.69 Å². The van der Waals surface area contributed by atoms with Crippen molar-refractivity contribution in [2.45, 2.75) is 6.42 Å². The largest absolute Gasteiger partial charge is 0.508 e. The molecule has 0 aliphatic heterocycles. The van der Waals surface area contributed by atoms with E-state index in [1.807, 2.05) is 7.05 Å². The van der Waals surface area contributed by atoms with Crippen molar-refractivity contribution in [3.05, 3.63) is 36.4 Å². The van der Waals surface area contributed by atoms with Gasteiger partial charge in [0, 0.05) is 13.0 Å². The Labute approximate surface area is 93.8 Å². The van der Waals surface area contributed by atoms with Crippen LogP contribution in [-0.2, 0) is 6.42 Å². The lowest BCUT2D eigenvalue weighted by molar-refractivity contribution is 0.475. The summed E-state index contributed by atoms with van der Waals surface area (Å²) >= 11 is 0. The molecule has 1 aromatic carbocycles. The Hall–Kier alpha value is -1.88. The Kier molecular flexibility index (Phi) is 3.16. The first-order valence-electron chi connectivity index (χ1n) is 5.14. The fraction of sp³-hybridized carbons (Fsp3) is 0.273. The van der Waals surface area contributed by atoms with Crippen molar-refractivity contribution in [2.24, 2.45) is 0 Å². The maximum Gasteiger partial charge on any atom is 0.152 e. The number of aromatic nitrogens is 3. The van der Waals surface area contributed by atoms with Gasteiger partial charge in [-0.15, -0.1) is 0 Å².